The van der Waals surface area contributed by atoms with Crippen LogP contribution in [-0.4, -0.2) is 33.6 Å². The number of anilines is 1. The van der Waals surface area contributed by atoms with Gasteiger partial charge in [0.25, 0.3) is 10.9 Å². The maximum Gasteiger partial charge on any atom is 0.292 e. The van der Waals surface area contributed by atoms with Crippen molar-refractivity contribution < 1.29 is 23.6 Å². The number of nitro groups is 1. The van der Waals surface area contributed by atoms with E-state index in [1.54, 1.807) is 24.3 Å². The summed E-state index contributed by atoms with van der Waals surface area (Å²) in [6.07, 6.45) is 0.123. The highest BCUT2D eigenvalue weighted by Gasteiger charge is 2.18. The molecule has 1 amide bonds. The number of carbonyl (C=O) groups excluding carboxylic acids is 1. The molecule has 0 spiro atoms. The maximum atomic E-state index is 12.1. The number of aromatic nitrogens is 2. The minimum absolute atomic E-state index is 0.123. The molecule has 0 atom stereocenters. The molecule has 10 nitrogen and oxygen atoms in total. The first-order valence-electron chi connectivity index (χ1n) is 8.50. The maximum absolute atomic E-state index is 12.1. The second-order valence-corrected chi connectivity index (χ2v) is 6.91. The predicted octanol–water partition coefficient (Wildman–Crippen LogP) is 3.49. The zero-order valence-electron chi connectivity index (χ0n) is 14.9. The van der Waals surface area contributed by atoms with Crippen molar-refractivity contribution in [3.8, 4) is 23.0 Å². The summed E-state index contributed by atoms with van der Waals surface area (Å²) in [6.45, 7) is 0.178. The Morgan fingerprint density at radius 1 is 1.17 bits per heavy atom. The SMILES string of the molecule is O=C(CCSc1nnc(-c2ccc3c(c2)OCO3)o1)Nc1ccccc1[N+](=O)[O-]. The van der Waals surface area contributed by atoms with Gasteiger partial charge in [-0.05, 0) is 24.3 Å². The lowest BCUT2D eigenvalue weighted by molar-refractivity contribution is -0.383. The van der Waals surface area contributed by atoms with Crippen LogP contribution in [0.4, 0.5) is 11.4 Å². The van der Waals surface area contributed by atoms with Crippen molar-refractivity contribution in [3.63, 3.8) is 0 Å². The van der Waals surface area contributed by atoms with E-state index >= 15 is 0 Å². The fourth-order valence-corrected chi connectivity index (χ4v) is 3.30. The van der Waals surface area contributed by atoms with E-state index in [4.69, 9.17) is 13.9 Å². The van der Waals surface area contributed by atoms with Crippen LogP contribution in [0.25, 0.3) is 11.5 Å². The van der Waals surface area contributed by atoms with Gasteiger partial charge in [0.05, 0.1) is 4.92 Å². The second kappa shape index (κ2) is 8.19. The molecule has 2 heterocycles. The minimum Gasteiger partial charge on any atom is -0.454 e. The van der Waals surface area contributed by atoms with E-state index in [2.05, 4.69) is 15.5 Å². The van der Waals surface area contributed by atoms with Gasteiger partial charge in [0.1, 0.15) is 5.69 Å². The van der Waals surface area contributed by atoms with Gasteiger partial charge >= 0.3 is 0 Å². The topological polar surface area (TPSA) is 130 Å². The molecular weight excluding hydrogens is 400 g/mol. The van der Waals surface area contributed by atoms with Crippen LogP contribution >= 0.6 is 11.8 Å². The van der Waals surface area contributed by atoms with Crippen LogP contribution < -0.4 is 14.8 Å². The predicted molar refractivity (Wildman–Crippen MR) is 103 cm³/mol. The first-order valence-corrected chi connectivity index (χ1v) is 9.48. The van der Waals surface area contributed by atoms with Crippen molar-refractivity contribution in [3.05, 3.63) is 52.6 Å². The van der Waals surface area contributed by atoms with E-state index in [9.17, 15) is 14.9 Å². The first-order chi connectivity index (χ1) is 14.1. The number of benzene rings is 2. The van der Waals surface area contributed by atoms with E-state index in [0.717, 1.165) is 0 Å². The monoisotopic (exact) mass is 414 g/mol. The third-order valence-corrected chi connectivity index (χ3v) is 4.78. The highest BCUT2D eigenvalue weighted by molar-refractivity contribution is 7.99. The molecule has 11 heteroatoms. The van der Waals surface area contributed by atoms with E-state index in [-0.39, 0.29) is 30.5 Å². The lowest BCUT2D eigenvalue weighted by atomic mass is 10.2. The number of hydrogen-bond acceptors (Lipinski definition) is 9. The third kappa shape index (κ3) is 4.29. The molecule has 0 fully saturated rings. The smallest absolute Gasteiger partial charge is 0.292 e. The van der Waals surface area contributed by atoms with E-state index in [1.807, 2.05) is 0 Å². The highest BCUT2D eigenvalue weighted by atomic mass is 32.2. The molecular formula is C18H14N4O6S. The number of nitro benzene ring substituents is 1. The van der Waals surface area contributed by atoms with Crippen LogP contribution in [0.5, 0.6) is 11.5 Å². The van der Waals surface area contributed by atoms with Gasteiger partial charge in [-0.25, -0.2) is 0 Å². The number of nitrogens with one attached hydrogen (secondary N) is 1. The largest absolute Gasteiger partial charge is 0.454 e. The molecule has 0 saturated heterocycles. The van der Waals surface area contributed by atoms with Crippen LogP contribution in [0.2, 0.25) is 0 Å². The summed E-state index contributed by atoms with van der Waals surface area (Å²) in [6, 6.07) is 11.3. The van der Waals surface area contributed by atoms with Crippen LogP contribution in [0.1, 0.15) is 6.42 Å². The molecule has 1 aliphatic heterocycles. The van der Waals surface area contributed by atoms with Crippen molar-refractivity contribution >= 4 is 29.0 Å². The summed E-state index contributed by atoms with van der Waals surface area (Å²) in [5.74, 6) is 1.63. The molecule has 3 aromatic rings. The number of fused-ring (bicyclic) bond motifs is 1. The zero-order chi connectivity index (χ0) is 20.2. The average Bonchev–Trinajstić information content (AvgIpc) is 3.37. The molecule has 2 aromatic carbocycles. The molecule has 29 heavy (non-hydrogen) atoms. The van der Waals surface area contributed by atoms with Crippen LogP contribution in [0.15, 0.2) is 52.1 Å². The van der Waals surface area contributed by atoms with Gasteiger partial charge in [0.2, 0.25) is 18.6 Å². The number of para-hydroxylation sites is 2. The number of amides is 1. The fraction of sp³-hybridized carbons (Fsp3) is 0.167. The van der Waals surface area contributed by atoms with Crippen LogP contribution in [0, 0.1) is 10.1 Å². The Balaban J connectivity index is 1.31. The summed E-state index contributed by atoms with van der Waals surface area (Å²) in [5.41, 5.74) is 0.705. The Bertz CT molecular complexity index is 1070. The van der Waals surface area contributed by atoms with Crippen molar-refractivity contribution in [2.75, 3.05) is 17.9 Å². The van der Waals surface area contributed by atoms with Crippen molar-refractivity contribution in [2.24, 2.45) is 0 Å². The van der Waals surface area contributed by atoms with Crippen molar-refractivity contribution in [1.82, 2.24) is 10.2 Å². The Morgan fingerprint density at radius 2 is 2.00 bits per heavy atom. The lowest BCUT2D eigenvalue weighted by Crippen LogP contribution is -2.13. The van der Waals surface area contributed by atoms with Gasteiger partial charge in [-0.2, -0.15) is 0 Å². The zero-order valence-corrected chi connectivity index (χ0v) is 15.7. The van der Waals surface area contributed by atoms with Crippen molar-refractivity contribution in [2.45, 2.75) is 11.6 Å². The molecule has 4 rings (SSSR count). The fourth-order valence-electron chi connectivity index (χ4n) is 2.60. The summed E-state index contributed by atoms with van der Waals surface area (Å²) in [5, 5.41) is 21.8. The number of carbonyl (C=O) groups is 1. The molecule has 0 saturated carbocycles. The van der Waals surface area contributed by atoms with Crippen LogP contribution in [-0.2, 0) is 4.79 Å². The summed E-state index contributed by atoms with van der Waals surface area (Å²) in [7, 11) is 0. The van der Waals surface area contributed by atoms with E-state index < -0.39 is 4.92 Å². The van der Waals surface area contributed by atoms with Crippen LogP contribution in [0.3, 0.4) is 0 Å². The Hall–Kier alpha value is -3.60. The molecule has 0 unspecified atom stereocenters. The van der Waals surface area contributed by atoms with E-state index in [0.29, 0.717) is 33.9 Å². The number of hydrogen-bond donors (Lipinski definition) is 1. The molecule has 1 N–H and O–H groups in total. The quantitative estimate of drug-likeness (QED) is 0.351. The lowest BCUT2D eigenvalue weighted by Gasteiger charge is -2.05. The number of nitrogens with zero attached hydrogens (tertiary/aromatic N) is 3. The molecule has 1 aliphatic rings. The summed E-state index contributed by atoms with van der Waals surface area (Å²) < 4.78 is 16.2. The van der Waals surface area contributed by atoms with Gasteiger partial charge in [0, 0.05) is 23.8 Å². The Kier molecular flexibility index (Phi) is 5.29. The van der Waals surface area contributed by atoms with Gasteiger partial charge < -0.3 is 19.2 Å². The molecule has 1 aromatic heterocycles. The second-order valence-electron chi connectivity index (χ2n) is 5.86. The number of ether oxygens (including phenoxy) is 2. The first kappa shape index (κ1) is 18.7. The Morgan fingerprint density at radius 3 is 2.86 bits per heavy atom. The van der Waals surface area contributed by atoms with E-state index in [1.165, 1.54) is 30.0 Å². The van der Waals surface area contributed by atoms with Gasteiger partial charge in [0.15, 0.2) is 11.5 Å². The van der Waals surface area contributed by atoms with Gasteiger partial charge in [-0.3, -0.25) is 14.9 Å². The minimum atomic E-state index is -0.541. The third-order valence-electron chi connectivity index (χ3n) is 3.96. The average molecular weight is 414 g/mol. The molecule has 0 bridgehead atoms. The standard InChI is InChI=1S/C18H14N4O6S/c23-16(19-12-3-1-2-4-13(12)22(24)25)7-8-29-18-21-20-17(28-18)11-5-6-14-15(9-11)27-10-26-14/h1-6,9H,7-8,10H2,(H,19,23). The number of rotatable bonds is 7. The molecule has 0 radical (unpaired) electrons. The van der Waals surface area contributed by atoms with Gasteiger partial charge in [-0.1, -0.05) is 23.9 Å². The normalized spacial score (nSPS) is 12.0. The molecule has 148 valence electrons. The highest BCUT2D eigenvalue weighted by Crippen LogP contribution is 2.36. The summed E-state index contributed by atoms with van der Waals surface area (Å²) in [4.78, 5) is 22.5. The number of thioether (sulfide) groups is 1. The summed E-state index contributed by atoms with van der Waals surface area (Å²) >= 11 is 1.22. The van der Waals surface area contributed by atoms with Crippen molar-refractivity contribution in [1.29, 1.82) is 0 Å². The Labute approximate surface area is 168 Å². The van der Waals surface area contributed by atoms with Gasteiger partial charge in [-0.15, -0.1) is 10.2 Å². The molecule has 0 aliphatic carbocycles.